The molecule has 2 nitrogen and oxygen atoms in total. The van der Waals surface area contributed by atoms with Crippen molar-refractivity contribution in [1.82, 2.24) is 9.55 Å². The number of nitrogens with zero attached hydrogens (tertiary/aromatic N) is 2. The average Bonchev–Trinajstić information content (AvgIpc) is 2.51. The highest BCUT2D eigenvalue weighted by Crippen LogP contribution is 2.22. The van der Waals surface area contributed by atoms with Gasteiger partial charge in [0, 0.05) is 25.4 Å². The van der Waals surface area contributed by atoms with Crippen molar-refractivity contribution in [2.45, 2.75) is 32.1 Å². The second-order valence-corrected chi connectivity index (χ2v) is 3.41. The van der Waals surface area contributed by atoms with Crippen LogP contribution < -0.4 is 0 Å². The summed E-state index contributed by atoms with van der Waals surface area (Å²) >= 11 is 0. The normalized spacial score (nSPS) is 12.8. The van der Waals surface area contributed by atoms with Crippen molar-refractivity contribution < 1.29 is 0 Å². The van der Waals surface area contributed by atoms with Crippen LogP contribution in [0.3, 0.4) is 0 Å². The van der Waals surface area contributed by atoms with Crippen LogP contribution in [0.4, 0.5) is 0 Å². The Labute approximate surface area is 80.3 Å². The maximum absolute atomic E-state index is 4.37. The zero-order valence-corrected chi connectivity index (χ0v) is 8.53. The third kappa shape index (κ3) is 2.44. The Kier molecular flexibility index (Phi) is 3.74. The van der Waals surface area contributed by atoms with Gasteiger partial charge in [-0.2, -0.15) is 0 Å². The van der Waals surface area contributed by atoms with Crippen molar-refractivity contribution in [3.63, 3.8) is 0 Å². The number of hydrogen-bond acceptors (Lipinski definition) is 1. The van der Waals surface area contributed by atoms with Gasteiger partial charge in [-0.05, 0) is 12.8 Å². The smallest absolute Gasteiger partial charge is 0.111 e. The van der Waals surface area contributed by atoms with Crippen LogP contribution in [-0.4, -0.2) is 9.55 Å². The van der Waals surface area contributed by atoms with E-state index in [9.17, 15) is 0 Å². The van der Waals surface area contributed by atoms with Gasteiger partial charge in [0.1, 0.15) is 5.82 Å². The van der Waals surface area contributed by atoms with Crippen LogP contribution in [0, 0.1) is 0 Å². The summed E-state index contributed by atoms with van der Waals surface area (Å²) in [4.78, 5) is 4.37. The molecule has 0 spiro atoms. The molecule has 13 heavy (non-hydrogen) atoms. The van der Waals surface area contributed by atoms with Gasteiger partial charge < -0.3 is 4.57 Å². The molecule has 0 aromatic carbocycles. The van der Waals surface area contributed by atoms with E-state index in [4.69, 9.17) is 0 Å². The minimum absolute atomic E-state index is 0.544. The maximum Gasteiger partial charge on any atom is 0.111 e. The summed E-state index contributed by atoms with van der Waals surface area (Å²) < 4.78 is 2.10. The number of imidazole rings is 1. The van der Waals surface area contributed by atoms with Gasteiger partial charge in [0.05, 0.1) is 0 Å². The van der Waals surface area contributed by atoms with E-state index in [1.165, 1.54) is 18.7 Å². The molecule has 0 saturated carbocycles. The zero-order chi connectivity index (χ0) is 9.68. The van der Waals surface area contributed by atoms with Crippen LogP contribution in [0.25, 0.3) is 0 Å². The second kappa shape index (κ2) is 4.85. The minimum Gasteiger partial charge on any atom is -0.338 e. The zero-order valence-electron chi connectivity index (χ0n) is 8.53. The standard InChI is InChI=1S/C11H18N2/c1-4-6-10(7-5-2)11-12-8-9-13(11)3/h4,8-10H,1,5-7H2,2-3H3. The van der Waals surface area contributed by atoms with Crippen LogP contribution in [0.15, 0.2) is 25.0 Å². The van der Waals surface area contributed by atoms with E-state index in [0.29, 0.717) is 5.92 Å². The highest BCUT2D eigenvalue weighted by molar-refractivity contribution is 5.01. The molecule has 1 aromatic heterocycles. The lowest BCUT2D eigenvalue weighted by molar-refractivity contribution is 0.566. The monoisotopic (exact) mass is 178 g/mol. The first-order valence-corrected chi connectivity index (χ1v) is 4.87. The van der Waals surface area contributed by atoms with Gasteiger partial charge in [-0.1, -0.05) is 19.4 Å². The first-order chi connectivity index (χ1) is 6.29. The largest absolute Gasteiger partial charge is 0.338 e. The van der Waals surface area contributed by atoms with E-state index in [1.54, 1.807) is 0 Å². The molecule has 2 heteroatoms. The molecule has 0 N–H and O–H groups in total. The molecule has 0 aliphatic rings. The van der Waals surface area contributed by atoms with Gasteiger partial charge in [0.2, 0.25) is 0 Å². The summed E-state index contributed by atoms with van der Waals surface area (Å²) in [5, 5.41) is 0. The molecule has 1 aromatic rings. The molecule has 0 amide bonds. The number of aryl methyl sites for hydroxylation is 1. The fourth-order valence-electron chi connectivity index (χ4n) is 1.67. The summed E-state index contributed by atoms with van der Waals surface area (Å²) in [6, 6.07) is 0. The minimum atomic E-state index is 0.544. The lowest BCUT2D eigenvalue weighted by atomic mass is 9.99. The summed E-state index contributed by atoms with van der Waals surface area (Å²) in [5.41, 5.74) is 0. The molecular formula is C11H18N2. The Hall–Kier alpha value is -1.05. The van der Waals surface area contributed by atoms with Crippen molar-refractivity contribution in [2.75, 3.05) is 0 Å². The fourth-order valence-corrected chi connectivity index (χ4v) is 1.67. The number of rotatable bonds is 5. The first-order valence-electron chi connectivity index (χ1n) is 4.87. The molecule has 72 valence electrons. The number of aromatic nitrogens is 2. The van der Waals surface area contributed by atoms with E-state index in [0.717, 1.165) is 6.42 Å². The number of allylic oxidation sites excluding steroid dienone is 1. The third-order valence-electron chi connectivity index (χ3n) is 2.31. The van der Waals surface area contributed by atoms with Gasteiger partial charge in [-0.15, -0.1) is 6.58 Å². The van der Waals surface area contributed by atoms with E-state index in [1.807, 2.05) is 25.5 Å². The van der Waals surface area contributed by atoms with Crippen molar-refractivity contribution in [2.24, 2.45) is 7.05 Å². The molecule has 1 heterocycles. The predicted octanol–water partition coefficient (Wildman–Crippen LogP) is 2.88. The van der Waals surface area contributed by atoms with E-state index >= 15 is 0 Å². The Morgan fingerprint density at radius 1 is 1.69 bits per heavy atom. The van der Waals surface area contributed by atoms with Crippen LogP contribution in [0.2, 0.25) is 0 Å². The lowest BCUT2D eigenvalue weighted by Gasteiger charge is -2.13. The van der Waals surface area contributed by atoms with Crippen LogP contribution in [0.1, 0.15) is 37.9 Å². The Morgan fingerprint density at radius 2 is 2.46 bits per heavy atom. The molecule has 1 unspecified atom stereocenters. The van der Waals surface area contributed by atoms with Gasteiger partial charge in [-0.3, -0.25) is 0 Å². The summed E-state index contributed by atoms with van der Waals surface area (Å²) in [6.45, 7) is 5.99. The molecule has 1 atom stereocenters. The third-order valence-corrected chi connectivity index (χ3v) is 2.31. The van der Waals surface area contributed by atoms with Crippen LogP contribution >= 0.6 is 0 Å². The second-order valence-electron chi connectivity index (χ2n) is 3.41. The molecule has 0 fully saturated rings. The first kappa shape index (κ1) is 10.0. The lowest BCUT2D eigenvalue weighted by Crippen LogP contribution is -2.05. The van der Waals surface area contributed by atoms with Crippen molar-refractivity contribution in [1.29, 1.82) is 0 Å². The van der Waals surface area contributed by atoms with E-state index in [2.05, 4.69) is 23.1 Å². The molecule has 0 aliphatic carbocycles. The quantitative estimate of drug-likeness (QED) is 0.634. The van der Waals surface area contributed by atoms with Gasteiger partial charge in [-0.25, -0.2) is 4.98 Å². The highest BCUT2D eigenvalue weighted by atomic mass is 15.0. The van der Waals surface area contributed by atoms with Crippen LogP contribution in [0.5, 0.6) is 0 Å². The Balaban J connectivity index is 2.74. The molecule has 0 radical (unpaired) electrons. The predicted molar refractivity (Wildman–Crippen MR) is 55.7 cm³/mol. The fraction of sp³-hybridized carbons (Fsp3) is 0.545. The van der Waals surface area contributed by atoms with Gasteiger partial charge in [0.15, 0.2) is 0 Å². The summed E-state index contributed by atoms with van der Waals surface area (Å²) in [6.07, 6.45) is 9.26. The summed E-state index contributed by atoms with van der Waals surface area (Å²) in [7, 11) is 2.05. The van der Waals surface area contributed by atoms with Crippen molar-refractivity contribution in [3.8, 4) is 0 Å². The maximum atomic E-state index is 4.37. The topological polar surface area (TPSA) is 17.8 Å². The average molecular weight is 178 g/mol. The number of hydrogen-bond donors (Lipinski definition) is 0. The van der Waals surface area contributed by atoms with Crippen molar-refractivity contribution in [3.05, 3.63) is 30.9 Å². The molecule has 1 rings (SSSR count). The van der Waals surface area contributed by atoms with Gasteiger partial charge in [0.25, 0.3) is 0 Å². The highest BCUT2D eigenvalue weighted by Gasteiger charge is 2.12. The Morgan fingerprint density at radius 3 is 2.92 bits per heavy atom. The van der Waals surface area contributed by atoms with E-state index in [-0.39, 0.29) is 0 Å². The molecular weight excluding hydrogens is 160 g/mol. The Bertz CT molecular complexity index is 263. The van der Waals surface area contributed by atoms with Gasteiger partial charge >= 0.3 is 0 Å². The molecule has 0 aliphatic heterocycles. The van der Waals surface area contributed by atoms with Crippen molar-refractivity contribution >= 4 is 0 Å². The van der Waals surface area contributed by atoms with Crippen LogP contribution in [-0.2, 0) is 7.05 Å². The molecule has 0 bridgehead atoms. The summed E-state index contributed by atoms with van der Waals surface area (Å²) in [5.74, 6) is 1.73. The van der Waals surface area contributed by atoms with E-state index < -0.39 is 0 Å². The SMILES string of the molecule is C=CCC(CCC)c1nccn1C. The molecule has 0 saturated heterocycles.